The average molecular weight is 462 g/mol. The molecule has 2 aliphatic rings. The molecule has 2 aliphatic heterocycles. The van der Waals surface area contributed by atoms with E-state index >= 15 is 0 Å². The summed E-state index contributed by atoms with van der Waals surface area (Å²) in [7, 11) is 0. The van der Waals surface area contributed by atoms with E-state index in [1.54, 1.807) is 0 Å². The molecule has 2 aromatic carbocycles. The predicted molar refractivity (Wildman–Crippen MR) is 135 cm³/mol. The van der Waals surface area contributed by atoms with Gasteiger partial charge in [-0.2, -0.15) is 10.1 Å². The molecule has 0 aliphatic carbocycles. The third kappa shape index (κ3) is 6.02. The summed E-state index contributed by atoms with van der Waals surface area (Å²) < 4.78 is 17.0. The van der Waals surface area contributed by atoms with E-state index in [1.807, 2.05) is 30.5 Å². The summed E-state index contributed by atoms with van der Waals surface area (Å²) in [4.78, 5) is 9.28. The normalized spacial score (nSPS) is 17.4. The summed E-state index contributed by atoms with van der Waals surface area (Å²) in [6.45, 7) is 8.03. The van der Waals surface area contributed by atoms with Gasteiger partial charge in [-0.25, -0.2) is 0 Å². The van der Waals surface area contributed by atoms with Crippen LogP contribution < -0.4 is 15.1 Å². The molecule has 0 saturated carbocycles. The van der Waals surface area contributed by atoms with Crippen molar-refractivity contribution in [1.82, 2.24) is 9.88 Å². The molecule has 0 bridgehead atoms. The van der Waals surface area contributed by atoms with Crippen LogP contribution in [0.3, 0.4) is 0 Å². The van der Waals surface area contributed by atoms with Crippen molar-refractivity contribution < 1.29 is 14.2 Å². The molecule has 5 rings (SSSR count). The lowest BCUT2D eigenvalue weighted by Crippen LogP contribution is -2.38. The van der Waals surface area contributed by atoms with E-state index in [0.29, 0.717) is 18.3 Å². The molecule has 0 radical (unpaired) electrons. The van der Waals surface area contributed by atoms with Gasteiger partial charge < -0.3 is 19.1 Å². The maximum absolute atomic E-state index is 6.05. The first-order valence-corrected chi connectivity index (χ1v) is 11.9. The van der Waals surface area contributed by atoms with Gasteiger partial charge in [-0.05, 0) is 22.4 Å². The molecule has 0 spiro atoms. The molecule has 0 amide bonds. The topological polar surface area (TPSA) is 71.5 Å². The second-order valence-electron chi connectivity index (χ2n) is 8.43. The Bertz CT molecular complexity index is 1110. The molecule has 3 heterocycles. The molecular weight excluding hydrogens is 430 g/mol. The van der Waals surface area contributed by atoms with Gasteiger partial charge in [0.2, 0.25) is 5.88 Å². The second-order valence-corrected chi connectivity index (χ2v) is 8.43. The van der Waals surface area contributed by atoms with E-state index in [1.165, 1.54) is 10.8 Å². The van der Waals surface area contributed by atoms with Gasteiger partial charge in [-0.1, -0.05) is 36.4 Å². The number of nitrogens with one attached hydrogen (secondary N) is 1. The standard InChI is InChI=1S/C26H31N5O3/c1-2-4-23-17-21(5-6-22(23)3-1)20-27-29-25-18-24(31-10-14-33-15-11-31)19-26(28-25)34-16-9-30-7-12-32-13-8-30/h1-6,17-20H,7-16H2,(H,28,29). The number of aromatic nitrogens is 1. The maximum Gasteiger partial charge on any atom is 0.217 e. The SMILES string of the molecule is C(=NNc1cc(N2CCOCC2)cc(OCCN2CCOCC2)n1)c1ccc2ccccc2c1. The van der Waals surface area contributed by atoms with Crippen LogP contribution in [0.15, 0.2) is 59.7 Å². The number of rotatable bonds is 8. The summed E-state index contributed by atoms with van der Waals surface area (Å²) in [5.41, 5.74) is 5.18. The Balaban J connectivity index is 1.27. The quantitative estimate of drug-likeness (QED) is 0.408. The lowest BCUT2D eigenvalue weighted by molar-refractivity contribution is 0.0320. The molecule has 0 atom stereocenters. The third-order valence-electron chi connectivity index (χ3n) is 6.09. The van der Waals surface area contributed by atoms with Crippen LogP contribution in [0.1, 0.15) is 5.56 Å². The molecule has 2 saturated heterocycles. The van der Waals surface area contributed by atoms with Crippen LogP contribution in [0, 0.1) is 0 Å². The van der Waals surface area contributed by atoms with Gasteiger partial charge in [-0.3, -0.25) is 10.3 Å². The molecule has 8 heteroatoms. The number of nitrogens with zero attached hydrogens (tertiary/aromatic N) is 4. The summed E-state index contributed by atoms with van der Waals surface area (Å²) in [5, 5.41) is 6.85. The summed E-state index contributed by atoms with van der Waals surface area (Å²) in [6, 6.07) is 18.6. The highest BCUT2D eigenvalue weighted by molar-refractivity contribution is 5.90. The van der Waals surface area contributed by atoms with E-state index in [4.69, 9.17) is 14.2 Å². The van der Waals surface area contributed by atoms with Crippen LogP contribution in [0.2, 0.25) is 0 Å². The van der Waals surface area contributed by atoms with E-state index in [2.05, 4.69) is 55.6 Å². The van der Waals surface area contributed by atoms with Crippen molar-refractivity contribution in [3.8, 4) is 5.88 Å². The van der Waals surface area contributed by atoms with Crippen LogP contribution in [-0.2, 0) is 9.47 Å². The van der Waals surface area contributed by atoms with Crippen molar-refractivity contribution in [2.24, 2.45) is 5.10 Å². The van der Waals surface area contributed by atoms with Crippen LogP contribution >= 0.6 is 0 Å². The van der Waals surface area contributed by atoms with Gasteiger partial charge in [0.15, 0.2) is 5.82 Å². The van der Waals surface area contributed by atoms with Crippen LogP contribution in [0.5, 0.6) is 5.88 Å². The Morgan fingerprint density at radius 1 is 0.912 bits per heavy atom. The molecule has 3 aromatic rings. The van der Waals surface area contributed by atoms with Gasteiger partial charge in [0.05, 0.1) is 32.6 Å². The third-order valence-corrected chi connectivity index (χ3v) is 6.09. The van der Waals surface area contributed by atoms with E-state index in [0.717, 1.165) is 70.4 Å². The number of benzene rings is 2. The number of hydrazone groups is 1. The minimum absolute atomic E-state index is 0.583. The minimum Gasteiger partial charge on any atom is -0.476 e. The summed E-state index contributed by atoms with van der Waals surface area (Å²) in [5.74, 6) is 1.25. The Kier molecular flexibility index (Phi) is 7.50. The van der Waals surface area contributed by atoms with Crippen LogP contribution in [0.4, 0.5) is 11.5 Å². The molecule has 0 unspecified atom stereocenters. The zero-order valence-corrected chi connectivity index (χ0v) is 19.4. The van der Waals surface area contributed by atoms with Crippen molar-refractivity contribution in [3.05, 3.63) is 60.2 Å². The molecule has 1 N–H and O–H groups in total. The highest BCUT2D eigenvalue weighted by Crippen LogP contribution is 2.25. The average Bonchev–Trinajstić information content (AvgIpc) is 2.90. The highest BCUT2D eigenvalue weighted by Gasteiger charge is 2.15. The number of morpholine rings is 2. The Hall–Kier alpha value is -3.20. The van der Waals surface area contributed by atoms with Crippen molar-refractivity contribution in [1.29, 1.82) is 0 Å². The van der Waals surface area contributed by atoms with Crippen LogP contribution in [0.25, 0.3) is 10.8 Å². The lowest BCUT2D eigenvalue weighted by atomic mass is 10.1. The first-order chi connectivity index (χ1) is 16.8. The molecule has 178 valence electrons. The number of anilines is 2. The number of pyridine rings is 1. The van der Waals surface area contributed by atoms with E-state index in [9.17, 15) is 0 Å². The summed E-state index contributed by atoms with van der Waals surface area (Å²) in [6.07, 6.45) is 1.81. The highest BCUT2D eigenvalue weighted by atomic mass is 16.5. The first kappa shape index (κ1) is 22.6. The Morgan fingerprint density at radius 3 is 2.50 bits per heavy atom. The zero-order chi connectivity index (χ0) is 23.0. The Labute approximate surface area is 200 Å². The number of ether oxygens (including phenoxy) is 3. The fourth-order valence-electron chi connectivity index (χ4n) is 4.19. The zero-order valence-electron chi connectivity index (χ0n) is 19.4. The fraction of sp³-hybridized carbons (Fsp3) is 0.385. The number of hydrogen-bond donors (Lipinski definition) is 1. The molecule has 8 nitrogen and oxygen atoms in total. The van der Waals surface area contributed by atoms with Crippen molar-refractivity contribution in [3.63, 3.8) is 0 Å². The monoisotopic (exact) mass is 461 g/mol. The number of fused-ring (bicyclic) bond motifs is 1. The van der Waals surface area contributed by atoms with Gasteiger partial charge in [0, 0.05) is 50.5 Å². The molecule has 2 fully saturated rings. The first-order valence-electron chi connectivity index (χ1n) is 11.9. The molecular formula is C26H31N5O3. The minimum atomic E-state index is 0.583. The van der Waals surface area contributed by atoms with Gasteiger partial charge in [0.25, 0.3) is 0 Å². The predicted octanol–water partition coefficient (Wildman–Crippen LogP) is 3.23. The summed E-state index contributed by atoms with van der Waals surface area (Å²) >= 11 is 0. The second kappa shape index (κ2) is 11.3. The lowest BCUT2D eigenvalue weighted by Gasteiger charge is -2.29. The van der Waals surface area contributed by atoms with E-state index in [-0.39, 0.29) is 0 Å². The van der Waals surface area contributed by atoms with Gasteiger partial charge in [-0.15, -0.1) is 0 Å². The van der Waals surface area contributed by atoms with Crippen LogP contribution in [-0.4, -0.2) is 81.9 Å². The molecule has 34 heavy (non-hydrogen) atoms. The van der Waals surface area contributed by atoms with Crippen molar-refractivity contribution in [2.75, 3.05) is 76.1 Å². The van der Waals surface area contributed by atoms with Crippen molar-refractivity contribution >= 4 is 28.5 Å². The molecule has 1 aromatic heterocycles. The maximum atomic E-state index is 6.05. The smallest absolute Gasteiger partial charge is 0.217 e. The number of hydrogen-bond acceptors (Lipinski definition) is 8. The van der Waals surface area contributed by atoms with Gasteiger partial charge in [0.1, 0.15) is 6.61 Å². The van der Waals surface area contributed by atoms with Crippen molar-refractivity contribution in [2.45, 2.75) is 0 Å². The van der Waals surface area contributed by atoms with E-state index < -0.39 is 0 Å². The Morgan fingerprint density at radius 2 is 1.68 bits per heavy atom. The fourth-order valence-corrected chi connectivity index (χ4v) is 4.19. The van der Waals surface area contributed by atoms with Gasteiger partial charge >= 0.3 is 0 Å². The largest absolute Gasteiger partial charge is 0.476 e.